The molecule has 3 aromatic rings. The summed E-state index contributed by atoms with van der Waals surface area (Å²) in [7, 11) is 0. The highest BCUT2D eigenvalue weighted by Crippen LogP contribution is 2.48. The van der Waals surface area contributed by atoms with Gasteiger partial charge in [-0.05, 0) is 68.1 Å². The number of aromatic nitrogens is 2. The Morgan fingerprint density at radius 2 is 1.59 bits per heavy atom. The van der Waals surface area contributed by atoms with Gasteiger partial charge in [-0.15, -0.1) is 0 Å². The van der Waals surface area contributed by atoms with Gasteiger partial charge in [-0.1, -0.05) is 36.0 Å². The molecule has 0 unspecified atom stereocenters. The Kier molecular flexibility index (Phi) is 6.23. The van der Waals surface area contributed by atoms with Crippen molar-refractivity contribution in [3.8, 4) is 0 Å². The summed E-state index contributed by atoms with van der Waals surface area (Å²) in [4.78, 5) is 33.9. The number of hydrogen-bond acceptors (Lipinski definition) is 5. The zero-order valence-corrected chi connectivity index (χ0v) is 18.6. The van der Waals surface area contributed by atoms with Crippen LogP contribution in [0.15, 0.2) is 59.8 Å². The van der Waals surface area contributed by atoms with Gasteiger partial charge in [-0.25, -0.2) is 14.4 Å². The summed E-state index contributed by atoms with van der Waals surface area (Å²) in [6.07, 6.45) is 1.33. The third-order valence-corrected chi connectivity index (χ3v) is 6.34. The van der Waals surface area contributed by atoms with Gasteiger partial charge in [0.2, 0.25) is 5.91 Å². The van der Waals surface area contributed by atoms with Crippen LogP contribution in [0, 0.1) is 19.7 Å². The molecule has 1 saturated carbocycles. The fourth-order valence-electron chi connectivity index (χ4n) is 3.50. The van der Waals surface area contributed by atoms with E-state index in [1.54, 1.807) is 24.3 Å². The van der Waals surface area contributed by atoms with Crippen LogP contribution in [0.2, 0.25) is 0 Å². The standard InChI is InChI=1S/C24H23FN4O2S/c1-15-13-16(2)27-23(26-15)32-14-17-3-5-18(6-4-17)21(30)28-29-22(31)24(11-12-24)19-7-9-20(25)10-8-19/h3-10,13H,11-12,14H2,1-2H3,(H,28,30)(H,29,31). The average Bonchev–Trinajstić information content (AvgIpc) is 3.58. The highest BCUT2D eigenvalue weighted by molar-refractivity contribution is 7.98. The Balaban J connectivity index is 1.31. The number of amides is 2. The molecule has 0 radical (unpaired) electrons. The number of benzene rings is 2. The number of carbonyl (C=O) groups excluding carboxylic acids is 2. The van der Waals surface area contributed by atoms with Gasteiger partial charge in [0, 0.05) is 22.7 Å². The van der Waals surface area contributed by atoms with E-state index in [4.69, 9.17) is 0 Å². The van der Waals surface area contributed by atoms with Crippen LogP contribution in [0.5, 0.6) is 0 Å². The van der Waals surface area contributed by atoms with E-state index in [9.17, 15) is 14.0 Å². The van der Waals surface area contributed by atoms with Gasteiger partial charge in [-0.2, -0.15) is 0 Å². The second-order valence-corrected chi connectivity index (χ2v) is 8.86. The first-order chi connectivity index (χ1) is 15.4. The molecule has 0 atom stereocenters. The summed E-state index contributed by atoms with van der Waals surface area (Å²) in [5.74, 6) is -0.354. The first-order valence-corrected chi connectivity index (χ1v) is 11.3. The lowest BCUT2D eigenvalue weighted by molar-refractivity contribution is -0.124. The summed E-state index contributed by atoms with van der Waals surface area (Å²) < 4.78 is 13.2. The molecule has 2 aromatic carbocycles. The van der Waals surface area contributed by atoms with Crippen LogP contribution >= 0.6 is 11.8 Å². The predicted octanol–water partition coefficient (Wildman–Crippen LogP) is 4.02. The third kappa shape index (κ3) is 4.96. The minimum Gasteiger partial charge on any atom is -0.272 e. The molecule has 0 saturated heterocycles. The van der Waals surface area contributed by atoms with Crippen molar-refractivity contribution >= 4 is 23.6 Å². The topological polar surface area (TPSA) is 84.0 Å². The van der Waals surface area contributed by atoms with Crippen molar-refractivity contribution in [2.45, 2.75) is 43.0 Å². The van der Waals surface area contributed by atoms with Gasteiger partial charge >= 0.3 is 0 Å². The fraction of sp³-hybridized carbons (Fsp3) is 0.250. The third-order valence-electron chi connectivity index (χ3n) is 5.42. The number of thioether (sulfide) groups is 1. The summed E-state index contributed by atoms with van der Waals surface area (Å²) in [5.41, 5.74) is 8.38. The molecule has 2 amide bonds. The molecule has 1 aliphatic carbocycles. The Morgan fingerprint density at radius 3 is 2.19 bits per heavy atom. The number of halogens is 1. The molecule has 6 nitrogen and oxygen atoms in total. The Morgan fingerprint density at radius 1 is 0.969 bits per heavy atom. The van der Waals surface area contributed by atoms with E-state index >= 15 is 0 Å². The molecule has 2 N–H and O–H groups in total. The highest BCUT2D eigenvalue weighted by atomic mass is 32.2. The maximum absolute atomic E-state index is 13.2. The van der Waals surface area contributed by atoms with Crippen LogP contribution in [-0.4, -0.2) is 21.8 Å². The highest BCUT2D eigenvalue weighted by Gasteiger charge is 2.51. The molecular formula is C24H23FN4O2S. The van der Waals surface area contributed by atoms with E-state index in [-0.39, 0.29) is 11.7 Å². The van der Waals surface area contributed by atoms with Crippen molar-refractivity contribution in [1.82, 2.24) is 20.8 Å². The summed E-state index contributed by atoms with van der Waals surface area (Å²) in [6, 6.07) is 15.0. The molecule has 1 fully saturated rings. The summed E-state index contributed by atoms with van der Waals surface area (Å²) in [6.45, 7) is 3.88. The molecule has 164 valence electrons. The zero-order chi connectivity index (χ0) is 22.7. The number of rotatable bonds is 6. The van der Waals surface area contributed by atoms with Crippen LogP contribution < -0.4 is 10.9 Å². The molecular weight excluding hydrogens is 427 g/mol. The molecule has 1 aliphatic rings. The smallest absolute Gasteiger partial charge is 0.269 e. The molecule has 4 rings (SSSR count). The van der Waals surface area contributed by atoms with Crippen molar-refractivity contribution in [3.63, 3.8) is 0 Å². The van der Waals surface area contributed by atoms with Crippen LogP contribution in [0.3, 0.4) is 0 Å². The number of aryl methyl sites for hydroxylation is 2. The molecule has 8 heteroatoms. The Labute approximate surface area is 190 Å². The van der Waals surface area contributed by atoms with Crippen molar-refractivity contribution in [3.05, 3.63) is 88.5 Å². The number of nitrogens with one attached hydrogen (secondary N) is 2. The lowest BCUT2D eigenvalue weighted by Gasteiger charge is -2.16. The number of carbonyl (C=O) groups is 2. The normalized spacial score (nSPS) is 14.0. The maximum Gasteiger partial charge on any atom is 0.269 e. The second-order valence-electron chi connectivity index (χ2n) is 7.92. The van der Waals surface area contributed by atoms with Crippen LogP contribution in [-0.2, 0) is 16.0 Å². The number of hydrogen-bond donors (Lipinski definition) is 2. The zero-order valence-electron chi connectivity index (χ0n) is 17.8. The SMILES string of the molecule is Cc1cc(C)nc(SCc2ccc(C(=O)NNC(=O)C3(c4ccc(F)cc4)CC3)cc2)n1. The van der Waals surface area contributed by atoms with Crippen molar-refractivity contribution < 1.29 is 14.0 Å². The van der Waals surface area contributed by atoms with Gasteiger partial charge < -0.3 is 0 Å². The van der Waals surface area contributed by atoms with Gasteiger partial charge in [-0.3, -0.25) is 20.4 Å². The average molecular weight is 451 g/mol. The summed E-state index contributed by atoms with van der Waals surface area (Å²) >= 11 is 1.54. The molecule has 0 bridgehead atoms. The second kappa shape index (κ2) is 9.08. The monoisotopic (exact) mass is 450 g/mol. The van der Waals surface area contributed by atoms with Gasteiger partial charge in [0.25, 0.3) is 5.91 Å². The maximum atomic E-state index is 13.2. The molecule has 1 heterocycles. The Hall–Kier alpha value is -3.26. The first-order valence-electron chi connectivity index (χ1n) is 10.3. The van der Waals surface area contributed by atoms with Crippen LogP contribution in [0.4, 0.5) is 4.39 Å². The van der Waals surface area contributed by atoms with E-state index in [1.807, 2.05) is 32.0 Å². The van der Waals surface area contributed by atoms with Gasteiger partial charge in [0.15, 0.2) is 5.16 Å². The first kappa shape index (κ1) is 22.0. The Bertz CT molecular complexity index is 1130. The largest absolute Gasteiger partial charge is 0.272 e. The number of hydrazine groups is 1. The van der Waals surface area contributed by atoms with E-state index < -0.39 is 11.3 Å². The minimum atomic E-state index is -0.696. The van der Waals surface area contributed by atoms with E-state index in [1.165, 1.54) is 23.9 Å². The van der Waals surface area contributed by atoms with Gasteiger partial charge in [0.1, 0.15) is 5.82 Å². The van der Waals surface area contributed by atoms with E-state index in [2.05, 4.69) is 20.8 Å². The van der Waals surface area contributed by atoms with Gasteiger partial charge in [0.05, 0.1) is 5.41 Å². The molecule has 0 aliphatic heterocycles. The number of nitrogens with zero attached hydrogens (tertiary/aromatic N) is 2. The minimum absolute atomic E-state index is 0.293. The molecule has 32 heavy (non-hydrogen) atoms. The van der Waals surface area contributed by atoms with Crippen LogP contribution in [0.25, 0.3) is 0 Å². The van der Waals surface area contributed by atoms with Crippen molar-refractivity contribution in [1.29, 1.82) is 0 Å². The summed E-state index contributed by atoms with van der Waals surface area (Å²) in [5, 5.41) is 0.724. The molecule has 0 spiro atoms. The van der Waals surface area contributed by atoms with Crippen molar-refractivity contribution in [2.75, 3.05) is 0 Å². The quantitative estimate of drug-likeness (QED) is 0.337. The van der Waals surface area contributed by atoms with Crippen molar-refractivity contribution in [2.24, 2.45) is 0 Å². The predicted molar refractivity (Wildman–Crippen MR) is 120 cm³/mol. The fourth-order valence-corrected chi connectivity index (χ4v) is 4.41. The lowest BCUT2D eigenvalue weighted by Crippen LogP contribution is -2.46. The molecule has 1 aromatic heterocycles. The van der Waals surface area contributed by atoms with E-state index in [0.717, 1.165) is 27.7 Å². The lowest BCUT2D eigenvalue weighted by atomic mass is 9.95. The van der Waals surface area contributed by atoms with Crippen LogP contribution in [0.1, 0.15) is 45.7 Å². The van der Waals surface area contributed by atoms with E-state index in [0.29, 0.717) is 24.2 Å².